The van der Waals surface area contributed by atoms with Crippen LogP contribution in [-0.4, -0.2) is 90.7 Å². The van der Waals surface area contributed by atoms with Crippen LogP contribution in [0.15, 0.2) is 85.5 Å². The molecule has 0 bridgehead atoms. The summed E-state index contributed by atoms with van der Waals surface area (Å²) in [6.07, 6.45) is 9.53. The van der Waals surface area contributed by atoms with Crippen molar-refractivity contribution in [2.24, 2.45) is 0 Å². The Morgan fingerprint density at radius 3 is 1.86 bits per heavy atom. The average molecular weight is 702 g/mol. The molecule has 4 aromatic heterocycles. The fourth-order valence-corrected chi connectivity index (χ4v) is 6.65. The van der Waals surface area contributed by atoms with E-state index < -0.39 is 12.0 Å². The Kier molecular flexibility index (Phi) is 9.63. The second-order valence-electron chi connectivity index (χ2n) is 11.9. The number of aliphatic hydroxyl groups excluding tert-OH is 1. The number of carbonyl (C=O) groups is 1. The van der Waals surface area contributed by atoms with E-state index in [0.717, 1.165) is 51.8 Å². The molecule has 0 aliphatic carbocycles. The first-order chi connectivity index (χ1) is 23.9. The number of anilines is 2. The summed E-state index contributed by atoms with van der Waals surface area (Å²) < 4.78 is 9.13. The van der Waals surface area contributed by atoms with E-state index in [1.165, 1.54) is 0 Å². The van der Waals surface area contributed by atoms with Gasteiger partial charge in [0.1, 0.15) is 6.04 Å². The molecule has 49 heavy (non-hydrogen) atoms. The van der Waals surface area contributed by atoms with Crippen molar-refractivity contribution in [1.82, 2.24) is 29.5 Å². The van der Waals surface area contributed by atoms with Crippen molar-refractivity contribution >= 4 is 62.6 Å². The third-order valence-corrected chi connectivity index (χ3v) is 9.34. The molecule has 2 aliphatic heterocycles. The number of aromatic nitrogens is 6. The average Bonchev–Trinajstić information content (AvgIpc) is 3.72. The number of nitrogens with zero attached hydrogens (tertiary/aromatic N) is 8. The number of morpholine rings is 1. The molecular formula is C35H34Cl2N8O4. The van der Waals surface area contributed by atoms with Gasteiger partial charge in [-0.15, -0.1) is 10.2 Å². The molecule has 2 saturated heterocycles. The highest BCUT2D eigenvalue weighted by atomic mass is 35.5. The third-order valence-electron chi connectivity index (χ3n) is 8.84. The number of rotatable bonds is 6. The number of pyridine rings is 2. The quantitative estimate of drug-likeness (QED) is 0.220. The van der Waals surface area contributed by atoms with Gasteiger partial charge in [0.15, 0.2) is 11.6 Å². The van der Waals surface area contributed by atoms with Crippen LogP contribution in [0.25, 0.3) is 33.2 Å². The number of hydrogen-bond acceptors (Lipinski definition) is 9. The van der Waals surface area contributed by atoms with Gasteiger partial charge in [-0.3, -0.25) is 9.97 Å². The second-order valence-corrected chi connectivity index (χ2v) is 12.7. The molecular weight excluding hydrogens is 667 g/mol. The Morgan fingerprint density at radius 1 is 0.776 bits per heavy atom. The van der Waals surface area contributed by atoms with E-state index in [0.29, 0.717) is 48.6 Å². The molecule has 12 nitrogen and oxygen atoms in total. The molecule has 2 aliphatic rings. The van der Waals surface area contributed by atoms with Crippen molar-refractivity contribution in [3.63, 3.8) is 0 Å². The van der Waals surface area contributed by atoms with Gasteiger partial charge in [-0.25, -0.2) is 14.2 Å². The minimum atomic E-state index is -0.803. The lowest BCUT2D eigenvalue weighted by atomic mass is 10.0. The molecule has 0 spiro atoms. The van der Waals surface area contributed by atoms with Crippen molar-refractivity contribution in [2.45, 2.75) is 31.3 Å². The Bertz CT molecular complexity index is 2070. The molecule has 2 atom stereocenters. The summed E-state index contributed by atoms with van der Waals surface area (Å²) in [7, 11) is 0. The zero-order valence-corrected chi connectivity index (χ0v) is 28.0. The summed E-state index contributed by atoms with van der Waals surface area (Å²) >= 11 is 12.0. The van der Waals surface area contributed by atoms with E-state index in [4.69, 9.17) is 38.1 Å². The van der Waals surface area contributed by atoms with Gasteiger partial charge in [0.25, 0.3) is 0 Å². The lowest BCUT2D eigenvalue weighted by molar-refractivity contribution is -0.139. The zero-order valence-electron chi connectivity index (χ0n) is 26.4. The minimum absolute atomic E-state index is 0.0282. The van der Waals surface area contributed by atoms with E-state index in [1.807, 2.05) is 58.1 Å². The summed E-state index contributed by atoms with van der Waals surface area (Å²) in [6, 6.07) is 18.1. The maximum absolute atomic E-state index is 11.7. The number of aliphatic carboxylic acids is 1. The van der Waals surface area contributed by atoms with Crippen LogP contribution in [0.2, 0.25) is 10.0 Å². The summed E-state index contributed by atoms with van der Waals surface area (Å²) in [5.41, 5.74) is 3.53. The number of halogens is 2. The van der Waals surface area contributed by atoms with Gasteiger partial charge in [-0.05, 0) is 79.9 Å². The summed E-state index contributed by atoms with van der Waals surface area (Å²) in [5.74, 6) is 0.729. The lowest BCUT2D eigenvalue weighted by Gasteiger charge is -2.34. The number of hydrogen-bond donors (Lipinski definition) is 2. The number of aliphatic hydroxyl groups is 1. The lowest BCUT2D eigenvalue weighted by Crippen LogP contribution is -2.48. The Balaban J connectivity index is 0.000000154. The molecule has 2 aromatic carbocycles. The molecule has 6 aromatic rings. The van der Waals surface area contributed by atoms with Gasteiger partial charge in [0.05, 0.1) is 60.7 Å². The van der Waals surface area contributed by atoms with Crippen LogP contribution in [0.5, 0.6) is 0 Å². The van der Waals surface area contributed by atoms with E-state index in [2.05, 4.69) is 14.9 Å². The van der Waals surface area contributed by atoms with Gasteiger partial charge in [-0.2, -0.15) is 0 Å². The predicted octanol–water partition coefficient (Wildman–Crippen LogP) is 5.79. The molecule has 8 rings (SSSR count). The second kappa shape index (κ2) is 14.4. The van der Waals surface area contributed by atoms with Gasteiger partial charge in [0.2, 0.25) is 0 Å². The number of benzene rings is 2. The van der Waals surface area contributed by atoms with Crippen molar-refractivity contribution in [3.05, 3.63) is 95.5 Å². The summed E-state index contributed by atoms with van der Waals surface area (Å²) in [6.45, 7) is 2.53. The number of fused-ring (bicyclic) bond motifs is 2. The first-order valence-corrected chi connectivity index (χ1v) is 16.8. The monoisotopic (exact) mass is 700 g/mol. The van der Waals surface area contributed by atoms with Crippen molar-refractivity contribution in [3.8, 4) is 11.4 Å². The molecule has 2 fully saturated rings. The largest absolute Gasteiger partial charge is 0.480 e. The first kappa shape index (κ1) is 32.8. The molecule has 2 N–H and O–H groups in total. The van der Waals surface area contributed by atoms with Gasteiger partial charge in [0, 0.05) is 46.3 Å². The van der Waals surface area contributed by atoms with Gasteiger partial charge >= 0.3 is 5.97 Å². The topological polar surface area (TPSA) is 135 Å². The maximum Gasteiger partial charge on any atom is 0.326 e. The molecule has 0 saturated carbocycles. The predicted molar refractivity (Wildman–Crippen MR) is 189 cm³/mol. The molecule has 6 heterocycles. The number of carboxylic acids is 1. The zero-order chi connectivity index (χ0) is 33.9. The fourth-order valence-electron chi connectivity index (χ4n) is 6.40. The van der Waals surface area contributed by atoms with Gasteiger partial charge in [-0.1, -0.05) is 23.2 Å². The van der Waals surface area contributed by atoms with Crippen LogP contribution in [0.3, 0.4) is 0 Å². The summed E-state index contributed by atoms with van der Waals surface area (Å²) in [4.78, 5) is 24.1. The molecule has 1 unspecified atom stereocenters. The van der Waals surface area contributed by atoms with Crippen LogP contribution in [-0.2, 0) is 9.53 Å². The number of piperidine rings is 1. The molecule has 14 heteroatoms. The Labute approximate surface area is 292 Å². The smallest absolute Gasteiger partial charge is 0.326 e. The first-order valence-electron chi connectivity index (χ1n) is 16.0. The Hall–Kier alpha value is -4.75. The molecule has 0 radical (unpaired) electrons. The highest BCUT2D eigenvalue weighted by molar-refractivity contribution is 6.30. The van der Waals surface area contributed by atoms with Crippen molar-refractivity contribution in [2.75, 3.05) is 42.7 Å². The van der Waals surface area contributed by atoms with Crippen LogP contribution in [0.1, 0.15) is 19.3 Å². The maximum atomic E-state index is 11.7. The van der Waals surface area contributed by atoms with E-state index in [1.54, 1.807) is 41.6 Å². The number of ether oxygens (including phenoxy) is 1. The van der Waals surface area contributed by atoms with Crippen molar-refractivity contribution < 1.29 is 19.7 Å². The van der Waals surface area contributed by atoms with E-state index >= 15 is 0 Å². The normalized spacial score (nSPS) is 18.0. The van der Waals surface area contributed by atoms with Crippen LogP contribution < -0.4 is 9.80 Å². The SMILES string of the molecule is O=C(O)C1CCCCN1c1nn(-c2ccc(Cl)cc2)c2cnccc12.OC[C@@H]1COCCN1c1nn(-c2ccc(Cl)cc2)c2cnccc12. The fraction of sp³-hybridized carbons (Fsp3) is 0.286. The minimum Gasteiger partial charge on any atom is -0.480 e. The standard InChI is InChI=1S/C18H17ClN4O2.C17H17ClN4O2/c19-12-4-6-13(7-5-12)23-16-11-20-9-8-14(16)17(21-23)22-10-2-1-3-15(22)18(24)25;18-12-1-3-13(4-2-12)22-16-9-19-6-5-15(16)17(20-22)21-7-8-24-11-14(21)10-23/h4-9,11,15H,1-3,10H2,(H,24,25);1-6,9,14,23H,7-8,10-11H2/t;14-/m.1/s1. The van der Waals surface area contributed by atoms with E-state index in [-0.39, 0.29) is 12.6 Å². The molecule has 252 valence electrons. The molecule has 0 amide bonds. The Morgan fingerprint density at radius 2 is 1.33 bits per heavy atom. The summed E-state index contributed by atoms with van der Waals surface area (Å²) in [5, 5.41) is 32.0. The van der Waals surface area contributed by atoms with Crippen LogP contribution >= 0.6 is 23.2 Å². The van der Waals surface area contributed by atoms with Crippen LogP contribution in [0, 0.1) is 0 Å². The van der Waals surface area contributed by atoms with Gasteiger partial charge < -0.3 is 24.7 Å². The number of carboxylic acid groups (broad SMARTS) is 1. The van der Waals surface area contributed by atoms with Crippen molar-refractivity contribution in [1.29, 1.82) is 0 Å². The third kappa shape index (κ3) is 6.64. The van der Waals surface area contributed by atoms with E-state index in [9.17, 15) is 15.0 Å². The highest BCUT2D eigenvalue weighted by Gasteiger charge is 2.32. The highest BCUT2D eigenvalue weighted by Crippen LogP contribution is 2.33. The van der Waals surface area contributed by atoms with Crippen LogP contribution in [0.4, 0.5) is 11.6 Å².